The molecule has 0 unspecified atom stereocenters. The molecule has 2 rings (SSSR count). The third-order valence-electron chi connectivity index (χ3n) is 3.74. The van der Waals surface area contributed by atoms with E-state index >= 15 is 0 Å². The van der Waals surface area contributed by atoms with Crippen LogP contribution < -0.4 is 10.5 Å². The minimum Gasteiger partial charge on any atom is -0.496 e. The Morgan fingerprint density at radius 1 is 1.41 bits per heavy atom. The molecule has 0 bridgehead atoms. The lowest BCUT2D eigenvalue weighted by molar-refractivity contribution is 0.165. The molecule has 1 heterocycles. The SMILES string of the molecule is COc1ccc(N)cc1CN1CCCC1(C)C. The molecule has 3 heteroatoms. The normalized spacial score (nSPS) is 19.5. The van der Waals surface area contributed by atoms with Gasteiger partial charge in [0.25, 0.3) is 0 Å². The molecule has 17 heavy (non-hydrogen) atoms. The van der Waals surface area contributed by atoms with Crippen LogP contribution >= 0.6 is 0 Å². The number of hydrogen-bond donors (Lipinski definition) is 1. The van der Waals surface area contributed by atoms with Gasteiger partial charge in [-0.25, -0.2) is 0 Å². The molecule has 1 aliphatic heterocycles. The van der Waals surface area contributed by atoms with E-state index in [2.05, 4.69) is 18.7 Å². The van der Waals surface area contributed by atoms with Gasteiger partial charge in [-0.15, -0.1) is 0 Å². The summed E-state index contributed by atoms with van der Waals surface area (Å²) >= 11 is 0. The second-order valence-corrected chi connectivity index (χ2v) is 5.41. The summed E-state index contributed by atoms with van der Waals surface area (Å²) in [5, 5.41) is 0. The number of nitrogens with two attached hydrogens (primary N) is 1. The maximum Gasteiger partial charge on any atom is 0.123 e. The van der Waals surface area contributed by atoms with Crippen LogP contribution in [0.15, 0.2) is 18.2 Å². The molecule has 0 spiro atoms. The minimum atomic E-state index is 0.287. The van der Waals surface area contributed by atoms with Crippen molar-refractivity contribution >= 4 is 5.69 Å². The number of hydrogen-bond acceptors (Lipinski definition) is 3. The predicted molar refractivity (Wildman–Crippen MR) is 71.1 cm³/mol. The lowest BCUT2D eigenvalue weighted by Gasteiger charge is -2.32. The van der Waals surface area contributed by atoms with Gasteiger partial charge in [-0.1, -0.05) is 0 Å². The first-order valence-electron chi connectivity index (χ1n) is 6.20. The van der Waals surface area contributed by atoms with E-state index < -0.39 is 0 Å². The van der Waals surface area contributed by atoms with Crippen molar-refractivity contribution in [3.8, 4) is 5.75 Å². The zero-order valence-electron chi connectivity index (χ0n) is 11.0. The minimum absolute atomic E-state index is 0.287. The van der Waals surface area contributed by atoms with E-state index in [4.69, 9.17) is 10.5 Å². The van der Waals surface area contributed by atoms with Crippen molar-refractivity contribution < 1.29 is 4.74 Å². The first-order chi connectivity index (χ1) is 8.03. The van der Waals surface area contributed by atoms with Gasteiger partial charge in [0.2, 0.25) is 0 Å². The van der Waals surface area contributed by atoms with Gasteiger partial charge in [-0.05, 0) is 51.4 Å². The van der Waals surface area contributed by atoms with Gasteiger partial charge < -0.3 is 10.5 Å². The molecule has 2 N–H and O–H groups in total. The van der Waals surface area contributed by atoms with Gasteiger partial charge in [0.15, 0.2) is 0 Å². The first kappa shape index (κ1) is 12.2. The Hall–Kier alpha value is -1.22. The van der Waals surface area contributed by atoms with Crippen molar-refractivity contribution in [1.29, 1.82) is 0 Å². The molecule has 1 aromatic carbocycles. The molecule has 0 atom stereocenters. The first-order valence-corrected chi connectivity index (χ1v) is 6.20. The number of anilines is 1. The number of ether oxygens (including phenoxy) is 1. The smallest absolute Gasteiger partial charge is 0.123 e. The Balaban J connectivity index is 2.20. The average Bonchev–Trinajstić information content (AvgIpc) is 2.59. The van der Waals surface area contributed by atoms with Crippen LogP contribution in [0.3, 0.4) is 0 Å². The summed E-state index contributed by atoms with van der Waals surface area (Å²) in [6.07, 6.45) is 2.54. The molecule has 0 aromatic heterocycles. The summed E-state index contributed by atoms with van der Waals surface area (Å²) < 4.78 is 5.40. The summed E-state index contributed by atoms with van der Waals surface area (Å²) in [4.78, 5) is 2.50. The Morgan fingerprint density at radius 2 is 2.18 bits per heavy atom. The summed E-state index contributed by atoms with van der Waals surface area (Å²) in [5.41, 5.74) is 8.12. The summed E-state index contributed by atoms with van der Waals surface area (Å²) in [7, 11) is 1.71. The topological polar surface area (TPSA) is 38.5 Å². The predicted octanol–water partition coefficient (Wildman–Crippen LogP) is 2.65. The van der Waals surface area contributed by atoms with E-state index in [9.17, 15) is 0 Å². The number of rotatable bonds is 3. The van der Waals surface area contributed by atoms with Crippen LogP contribution in [0.2, 0.25) is 0 Å². The Morgan fingerprint density at radius 3 is 2.76 bits per heavy atom. The molecule has 1 aliphatic rings. The number of nitrogen functional groups attached to an aromatic ring is 1. The Kier molecular flexibility index (Phi) is 3.29. The van der Waals surface area contributed by atoms with Crippen molar-refractivity contribution in [1.82, 2.24) is 4.90 Å². The van der Waals surface area contributed by atoms with E-state index in [1.54, 1.807) is 7.11 Å². The molecule has 0 aliphatic carbocycles. The number of methoxy groups -OCH3 is 1. The highest BCUT2D eigenvalue weighted by molar-refractivity contribution is 5.47. The fraction of sp³-hybridized carbons (Fsp3) is 0.571. The lowest BCUT2D eigenvalue weighted by Crippen LogP contribution is -2.37. The monoisotopic (exact) mass is 234 g/mol. The maximum atomic E-state index is 5.85. The van der Waals surface area contributed by atoms with E-state index in [1.807, 2.05) is 18.2 Å². The van der Waals surface area contributed by atoms with Crippen LogP contribution in [0.25, 0.3) is 0 Å². The Bertz CT molecular complexity index is 401. The van der Waals surface area contributed by atoms with E-state index in [0.717, 1.165) is 24.5 Å². The fourth-order valence-electron chi connectivity index (χ4n) is 2.58. The van der Waals surface area contributed by atoms with Crippen LogP contribution in [-0.4, -0.2) is 24.1 Å². The molecule has 0 saturated carbocycles. The molecule has 1 fully saturated rings. The highest BCUT2D eigenvalue weighted by atomic mass is 16.5. The van der Waals surface area contributed by atoms with Crippen molar-refractivity contribution in [2.24, 2.45) is 0 Å². The molecule has 1 aromatic rings. The van der Waals surface area contributed by atoms with Crippen LogP contribution in [0.4, 0.5) is 5.69 Å². The van der Waals surface area contributed by atoms with E-state index in [0.29, 0.717) is 0 Å². The highest BCUT2D eigenvalue weighted by Gasteiger charge is 2.32. The number of benzene rings is 1. The van der Waals surface area contributed by atoms with Gasteiger partial charge in [0, 0.05) is 23.3 Å². The zero-order chi connectivity index (χ0) is 12.5. The van der Waals surface area contributed by atoms with Gasteiger partial charge in [0.05, 0.1) is 7.11 Å². The molecule has 3 nitrogen and oxygen atoms in total. The van der Waals surface area contributed by atoms with Crippen LogP contribution in [0.5, 0.6) is 5.75 Å². The average molecular weight is 234 g/mol. The van der Waals surface area contributed by atoms with E-state index in [1.165, 1.54) is 18.4 Å². The van der Waals surface area contributed by atoms with Gasteiger partial charge in [-0.3, -0.25) is 4.90 Å². The quantitative estimate of drug-likeness (QED) is 0.817. The van der Waals surface area contributed by atoms with E-state index in [-0.39, 0.29) is 5.54 Å². The van der Waals surface area contributed by atoms with Crippen molar-refractivity contribution in [2.75, 3.05) is 19.4 Å². The number of likely N-dealkylation sites (tertiary alicyclic amines) is 1. The summed E-state index contributed by atoms with van der Waals surface area (Å²) in [6, 6.07) is 5.86. The number of nitrogens with zero attached hydrogens (tertiary/aromatic N) is 1. The molecule has 1 saturated heterocycles. The fourth-order valence-corrected chi connectivity index (χ4v) is 2.58. The van der Waals surface area contributed by atoms with Crippen molar-refractivity contribution in [2.45, 2.75) is 38.8 Å². The highest BCUT2D eigenvalue weighted by Crippen LogP contribution is 2.32. The summed E-state index contributed by atoms with van der Waals surface area (Å²) in [5.74, 6) is 0.932. The molecular weight excluding hydrogens is 212 g/mol. The standard InChI is InChI=1S/C14H22N2O/c1-14(2)7-4-8-16(14)10-11-9-12(15)5-6-13(11)17-3/h5-6,9H,4,7-8,10,15H2,1-3H3. The Labute approximate surface area is 104 Å². The van der Waals surface area contributed by atoms with Gasteiger partial charge >= 0.3 is 0 Å². The van der Waals surface area contributed by atoms with Crippen molar-refractivity contribution in [3.05, 3.63) is 23.8 Å². The third-order valence-corrected chi connectivity index (χ3v) is 3.74. The molecular formula is C14H22N2O. The summed E-state index contributed by atoms with van der Waals surface area (Å²) in [6.45, 7) is 6.68. The third kappa shape index (κ3) is 2.55. The molecule has 0 radical (unpaired) electrons. The van der Waals surface area contributed by atoms with Crippen LogP contribution in [0, 0.1) is 0 Å². The molecule has 0 amide bonds. The van der Waals surface area contributed by atoms with Crippen LogP contribution in [0.1, 0.15) is 32.3 Å². The van der Waals surface area contributed by atoms with Crippen molar-refractivity contribution in [3.63, 3.8) is 0 Å². The maximum absolute atomic E-state index is 5.85. The van der Waals surface area contributed by atoms with Gasteiger partial charge in [0.1, 0.15) is 5.75 Å². The lowest BCUT2D eigenvalue weighted by atomic mass is 10.0. The van der Waals surface area contributed by atoms with Crippen LogP contribution in [-0.2, 0) is 6.54 Å². The second-order valence-electron chi connectivity index (χ2n) is 5.41. The second kappa shape index (κ2) is 4.57. The largest absolute Gasteiger partial charge is 0.496 e. The molecule has 94 valence electrons. The van der Waals surface area contributed by atoms with Gasteiger partial charge in [-0.2, -0.15) is 0 Å². The zero-order valence-corrected chi connectivity index (χ0v) is 11.0.